The molecule has 0 aliphatic carbocycles. The molecule has 0 saturated carbocycles. The fourth-order valence-electron chi connectivity index (χ4n) is 5.07. The number of carbonyl (C=O) groups excluding carboxylic acids is 1. The third kappa shape index (κ3) is 7.65. The summed E-state index contributed by atoms with van der Waals surface area (Å²) < 4.78 is 16.8. The van der Waals surface area contributed by atoms with E-state index in [-0.39, 0.29) is 31.6 Å². The largest absolute Gasteiger partial charge is 0.512 e. The molecule has 0 aliphatic heterocycles. The van der Waals surface area contributed by atoms with Gasteiger partial charge >= 0.3 is 0 Å². The number of aliphatic hydroxyl groups excluding tert-OH is 1. The number of rotatable bonds is 6. The van der Waals surface area contributed by atoms with Crippen molar-refractivity contribution in [2.75, 3.05) is 0 Å². The maximum absolute atomic E-state index is 10.0. The van der Waals surface area contributed by atoms with Crippen LogP contribution < -0.4 is 0 Å². The van der Waals surface area contributed by atoms with E-state index in [0.29, 0.717) is 12.8 Å². The molecular formula is C36H38IrNO2-. The van der Waals surface area contributed by atoms with Crippen LogP contribution in [0, 0.1) is 17.9 Å². The van der Waals surface area contributed by atoms with Gasteiger partial charge in [0.2, 0.25) is 0 Å². The minimum atomic E-state index is -0.591. The number of aliphatic hydroxyl groups is 1. The number of carbonyl (C=O) groups is 1. The Labute approximate surface area is 254 Å². The smallest absolute Gasteiger partial charge is 0.155 e. The van der Waals surface area contributed by atoms with Gasteiger partial charge in [-0.2, -0.15) is 0 Å². The number of pyridine rings is 1. The van der Waals surface area contributed by atoms with Gasteiger partial charge in [0, 0.05) is 35.1 Å². The summed E-state index contributed by atoms with van der Waals surface area (Å²) in [4.78, 5) is 14.8. The zero-order chi connectivity index (χ0) is 29.9. The monoisotopic (exact) mass is 711 g/mol. The van der Waals surface area contributed by atoms with Crippen molar-refractivity contribution in [2.24, 2.45) is 11.8 Å². The van der Waals surface area contributed by atoms with E-state index in [2.05, 4.69) is 72.8 Å². The van der Waals surface area contributed by atoms with Crippen LogP contribution >= 0.6 is 0 Å². The van der Waals surface area contributed by atoms with Crippen LogP contribution in [0.4, 0.5) is 0 Å². The first-order valence-corrected chi connectivity index (χ1v) is 13.3. The maximum Gasteiger partial charge on any atom is 0.155 e. The van der Waals surface area contributed by atoms with Crippen LogP contribution in [0.25, 0.3) is 43.6 Å². The molecule has 0 aliphatic rings. The predicted molar refractivity (Wildman–Crippen MR) is 165 cm³/mol. The average molecular weight is 711 g/mol. The minimum Gasteiger partial charge on any atom is -0.512 e. The molecule has 1 heterocycles. The van der Waals surface area contributed by atoms with Crippen molar-refractivity contribution < 1.29 is 32.7 Å². The van der Waals surface area contributed by atoms with Gasteiger partial charge in [-0.3, -0.25) is 4.79 Å². The third-order valence-corrected chi connectivity index (χ3v) is 6.42. The zero-order valence-electron chi connectivity index (χ0n) is 26.1. The molecule has 4 aromatic carbocycles. The summed E-state index contributed by atoms with van der Waals surface area (Å²) in [6, 6.07) is 27.2. The van der Waals surface area contributed by atoms with Gasteiger partial charge in [-0.1, -0.05) is 76.2 Å². The van der Waals surface area contributed by atoms with Crippen molar-refractivity contribution in [3.05, 3.63) is 102 Å². The Morgan fingerprint density at radius 3 is 2.15 bits per heavy atom. The number of nitrogens with zero attached hydrogens (tertiary/aromatic N) is 1. The van der Waals surface area contributed by atoms with Crippen molar-refractivity contribution in [1.82, 2.24) is 4.98 Å². The Bertz CT molecular complexity index is 1730. The average Bonchev–Trinajstić information content (AvgIpc) is 2.85. The normalized spacial score (nSPS) is 12.8. The predicted octanol–water partition coefficient (Wildman–Crippen LogP) is 9.44. The standard InChI is InChI=1S/C31H30N.C5H8O2.Ir/c1-20(2)15-22-17-23(16-21(3)4)19-25(18-22)31-30-12-11-27-26-8-6-5-7-24(26)9-10-28(27)29(30)13-14-32-31;1-4(6)3-5(2)7;/h5-14,17-18,20-21H,15-16H2,1-4H3;3,6H,1-2H3;/q-1;;/b;4-3-;/i20D,21D;;. The van der Waals surface area contributed by atoms with Crippen molar-refractivity contribution in [3.8, 4) is 11.3 Å². The Hall–Kier alpha value is -3.33. The van der Waals surface area contributed by atoms with E-state index in [1.54, 1.807) is 0 Å². The molecule has 0 atom stereocenters. The summed E-state index contributed by atoms with van der Waals surface area (Å²) in [5.41, 5.74) is 3.94. The van der Waals surface area contributed by atoms with Crippen LogP contribution in [-0.2, 0) is 37.7 Å². The molecule has 0 amide bonds. The van der Waals surface area contributed by atoms with Crippen LogP contribution in [-0.4, -0.2) is 15.9 Å². The molecule has 40 heavy (non-hydrogen) atoms. The SMILES string of the molecule is CC(=O)/C=C(/C)O.[2H]C(C)(C)Cc1[c-]c(-c2nccc3c2ccc2c4ccccc4ccc32)cc(CC([2H])(C)C)c1.[Ir]. The van der Waals surface area contributed by atoms with E-state index in [1.165, 1.54) is 46.9 Å². The van der Waals surface area contributed by atoms with Gasteiger partial charge < -0.3 is 10.1 Å². The van der Waals surface area contributed by atoms with E-state index in [1.807, 2.05) is 33.9 Å². The topological polar surface area (TPSA) is 50.2 Å². The molecule has 0 saturated heterocycles. The summed E-state index contributed by atoms with van der Waals surface area (Å²) in [5, 5.41) is 15.6. The third-order valence-electron chi connectivity index (χ3n) is 6.42. The van der Waals surface area contributed by atoms with Crippen LogP contribution in [0.15, 0.2) is 84.8 Å². The van der Waals surface area contributed by atoms with Crippen LogP contribution in [0.2, 0.25) is 0 Å². The summed E-state index contributed by atoms with van der Waals surface area (Å²) in [6.07, 6.45) is 4.29. The Kier molecular flexibility index (Phi) is 9.76. The molecule has 4 heteroatoms. The quantitative estimate of drug-likeness (QED) is 0.0827. The minimum absolute atomic E-state index is 0. The molecular weight excluding hydrogens is 671 g/mol. The Balaban J connectivity index is 0.000000541. The van der Waals surface area contributed by atoms with E-state index in [4.69, 9.17) is 12.8 Å². The van der Waals surface area contributed by atoms with Crippen LogP contribution in [0.1, 0.15) is 55.4 Å². The summed E-state index contributed by atoms with van der Waals surface area (Å²) in [5.74, 6) is -1.23. The number of hydrogen-bond acceptors (Lipinski definition) is 3. The van der Waals surface area contributed by atoms with E-state index in [9.17, 15) is 4.79 Å². The number of aromatic nitrogens is 1. The first kappa shape index (κ1) is 28.2. The number of allylic oxidation sites excluding steroid dienone is 2. The van der Waals surface area contributed by atoms with Crippen molar-refractivity contribution in [3.63, 3.8) is 0 Å². The van der Waals surface area contributed by atoms with E-state index in [0.717, 1.165) is 27.8 Å². The summed E-state index contributed by atoms with van der Waals surface area (Å²) in [7, 11) is 0. The molecule has 0 unspecified atom stereocenters. The second-order valence-electron chi connectivity index (χ2n) is 10.8. The molecule has 3 nitrogen and oxygen atoms in total. The Morgan fingerprint density at radius 1 is 0.875 bits per heavy atom. The molecule has 0 spiro atoms. The van der Waals surface area contributed by atoms with E-state index < -0.39 is 11.8 Å². The molecule has 0 bridgehead atoms. The molecule has 209 valence electrons. The second kappa shape index (κ2) is 13.8. The number of hydrogen-bond donors (Lipinski definition) is 1. The number of benzene rings is 4. The van der Waals surface area contributed by atoms with Crippen molar-refractivity contribution >= 4 is 38.1 Å². The summed E-state index contributed by atoms with van der Waals surface area (Å²) >= 11 is 0. The fourth-order valence-corrected chi connectivity index (χ4v) is 5.07. The molecule has 5 aromatic rings. The van der Waals surface area contributed by atoms with Gasteiger partial charge in [0.1, 0.15) is 0 Å². The fraction of sp³-hybridized carbons (Fsp3) is 0.278. The van der Waals surface area contributed by atoms with Gasteiger partial charge in [0.15, 0.2) is 5.78 Å². The zero-order valence-corrected chi connectivity index (χ0v) is 26.5. The van der Waals surface area contributed by atoms with Crippen LogP contribution in [0.3, 0.4) is 0 Å². The van der Waals surface area contributed by atoms with Gasteiger partial charge in [0.25, 0.3) is 0 Å². The van der Waals surface area contributed by atoms with Gasteiger partial charge in [-0.25, -0.2) is 0 Å². The van der Waals surface area contributed by atoms with Crippen molar-refractivity contribution in [1.29, 1.82) is 0 Å². The molecule has 1 radical (unpaired) electrons. The van der Waals surface area contributed by atoms with Crippen LogP contribution in [0.5, 0.6) is 0 Å². The second-order valence-corrected chi connectivity index (χ2v) is 10.8. The first-order valence-electron chi connectivity index (χ1n) is 14.3. The van der Waals surface area contributed by atoms with Gasteiger partial charge in [-0.05, 0) is 82.6 Å². The Morgan fingerprint density at radius 2 is 1.50 bits per heavy atom. The molecule has 0 fully saturated rings. The van der Waals surface area contributed by atoms with Crippen molar-refractivity contribution in [2.45, 2.75) is 54.4 Å². The molecule has 5 rings (SSSR count). The number of fused-ring (bicyclic) bond motifs is 5. The first-order chi connectivity index (χ1) is 19.2. The summed E-state index contributed by atoms with van der Waals surface area (Å²) in [6.45, 7) is 10.6. The van der Waals surface area contributed by atoms with Gasteiger partial charge in [0.05, 0.1) is 5.76 Å². The number of ketones is 1. The maximum atomic E-state index is 10.0. The molecule has 1 N–H and O–H groups in total. The molecule has 1 aromatic heterocycles. The van der Waals surface area contributed by atoms with E-state index >= 15 is 0 Å². The van der Waals surface area contributed by atoms with Gasteiger partial charge in [-0.15, -0.1) is 34.9 Å².